The van der Waals surface area contributed by atoms with E-state index in [0.717, 1.165) is 12.5 Å². The predicted octanol–water partition coefficient (Wildman–Crippen LogP) is 2.46. The van der Waals surface area contributed by atoms with Crippen LogP contribution in [0.15, 0.2) is 18.2 Å². The number of halogens is 1. The van der Waals surface area contributed by atoms with Gasteiger partial charge in [-0.15, -0.1) is 0 Å². The van der Waals surface area contributed by atoms with Gasteiger partial charge in [-0.3, -0.25) is 4.79 Å². The highest BCUT2D eigenvalue weighted by Crippen LogP contribution is 2.42. The molecule has 1 fully saturated rings. The fourth-order valence-corrected chi connectivity index (χ4v) is 2.54. The van der Waals surface area contributed by atoms with Gasteiger partial charge in [-0.05, 0) is 25.5 Å². The lowest BCUT2D eigenvalue weighted by molar-refractivity contribution is -0.111. The van der Waals surface area contributed by atoms with Crippen molar-refractivity contribution in [1.29, 1.82) is 0 Å². The molecule has 1 aromatic carbocycles. The zero-order valence-electron chi connectivity index (χ0n) is 11.9. The Bertz CT molecular complexity index is 516. The quantitative estimate of drug-likeness (QED) is 0.891. The van der Waals surface area contributed by atoms with E-state index < -0.39 is 11.7 Å². The summed E-state index contributed by atoms with van der Waals surface area (Å²) in [4.78, 5) is 12.1. The third-order valence-electron chi connectivity index (χ3n) is 4.05. The maximum absolute atomic E-state index is 13.6. The molecular weight excluding hydrogens is 261 g/mol. The van der Waals surface area contributed by atoms with E-state index in [1.807, 2.05) is 20.8 Å². The van der Waals surface area contributed by atoms with Crippen LogP contribution in [0.5, 0.6) is 5.75 Å². The normalized spacial score (nSPS) is 24.0. The minimum Gasteiger partial charge on any atom is -0.508 e. The first-order valence-corrected chi connectivity index (χ1v) is 6.77. The Kier molecular flexibility index (Phi) is 3.99. The number of hydrogen-bond donors (Lipinski definition) is 2. The summed E-state index contributed by atoms with van der Waals surface area (Å²) in [5, 5.41) is 12.0. The third kappa shape index (κ3) is 2.63. The standard InChI is InChI=1S/C15H20FNO3/c1-4-20-13-8-12(15(13,2)3)17-14(19)10-6-5-9(18)7-11(10)16/h5-7,12-13,18H,4,8H2,1-3H3,(H,17,19). The Hall–Kier alpha value is -1.62. The van der Waals surface area contributed by atoms with Crippen molar-refractivity contribution in [3.05, 3.63) is 29.6 Å². The molecule has 1 aliphatic rings. The summed E-state index contributed by atoms with van der Waals surface area (Å²) in [7, 11) is 0. The second-order valence-corrected chi connectivity index (χ2v) is 5.69. The van der Waals surface area contributed by atoms with E-state index in [0.29, 0.717) is 6.61 Å². The van der Waals surface area contributed by atoms with Gasteiger partial charge < -0.3 is 15.2 Å². The van der Waals surface area contributed by atoms with Crippen molar-refractivity contribution in [2.24, 2.45) is 5.41 Å². The number of carbonyl (C=O) groups excluding carboxylic acids is 1. The lowest BCUT2D eigenvalue weighted by Crippen LogP contribution is -2.62. The summed E-state index contributed by atoms with van der Waals surface area (Å²) in [6, 6.07) is 3.47. The molecule has 1 aromatic rings. The third-order valence-corrected chi connectivity index (χ3v) is 4.05. The average Bonchev–Trinajstić information content (AvgIpc) is 2.37. The second-order valence-electron chi connectivity index (χ2n) is 5.69. The van der Waals surface area contributed by atoms with Crippen LogP contribution in [0.1, 0.15) is 37.6 Å². The van der Waals surface area contributed by atoms with Crippen molar-refractivity contribution in [1.82, 2.24) is 5.32 Å². The molecule has 1 saturated carbocycles. The van der Waals surface area contributed by atoms with Crippen molar-refractivity contribution in [3.63, 3.8) is 0 Å². The van der Waals surface area contributed by atoms with Crippen LogP contribution in [0.2, 0.25) is 0 Å². The number of benzene rings is 1. The molecule has 1 aliphatic carbocycles. The van der Waals surface area contributed by atoms with Gasteiger partial charge in [-0.1, -0.05) is 13.8 Å². The van der Waals surface area contributed by atoms with Crippen LogP contribution in [0.25, 0.3) is 0 Å². The largest absolute Gasteiger partial charge is 0.508 e. The van der Waals surface area contributed by atoms with Crippen molar-refractivity contribution in [3.8, 4) is 5.75 Å². The van der Waals surface area contributed by atoms with Crippen LogP contribution in [0.4, 0.5) is 4.39 Å². The number of phenols is 1. The fraction of sp³-hybridized carbons (Fsp3) is 0.533. The van der Waals surface area contributed by atoms with Gasteiger partial charge in [0.25, 0.3) is 5.91 Å². The molecule has 1 amide bonds. The molecule has 0 heterocycles. The summed E-state index contributed by atoms with van der Waals surface area (Å²) in [6.07, 6.45) is 0.842. The first kappa shape index (κ1) is 14.8. The molecule has 0 spiro atoms. The summed E-state index contributed by atoms with van der Waals surface area (Å²) in [5.74, 6) is -1.38. The minimum absolute atomic E-state index is 0.0419. The summed E-state index contributed by atoms with van der Waals surface area (Å²) in [5.41, 5.74) is -0.225. The van der Waals surface area contributed by atoms with E-state index in [1.54, 1.807) is 0 Å². The van der Waals surface area contributed by atoms with Gasteiger partial charge in [0, 0.05) is 24.1 Å². The van der Waals surface area contributed by atoms with Gasteiger partial charge in [0.1, 0.15) is 11.6 Å². The number of rotatable bonds is 4. The summed E-state index contributed by atoms with van der Waals surface area (Å²) < 4.78 is 19.2. The lowest BCUT2D eigenvalue weighted by Gasteiger charge is -2.51. The van der Waals surface area contributed by atoms with Crippen LogP contribution < -0.4 is 5.32 Å². The van der Waals surface area contributed by atoms with Crippen LogP contribution >= 0.6 is 0 Å². The molecule has 0 radical (unpaired) electrons. The Morgan fingerprint density at radius 1 is 1.55 bits per heavy atom. The molecule has 2 atom stereocenters. The van der Waals surface area contributed by atoms with E-state index in [2.05, 4.69) is 5.32 Å². The van der Waals surface area contributed by atoms with Crippen LogP contribution in [0.3, 0.4) is 0 Å². The van der Waals surface area contributed by atoms with Crippen molar-refractivity contribution < 1.29 is 19.0 Å². The molecule has 0 bridgehead atoms. The van der Waals surface area contributed by atoms with E-state index in [1.165, 1.54) is 12.1 Å². The lowest BCUT2D eigenvalue weighted by atomic mass is 9.64. The molecule has 0 aliphatic heterocycles. The first-order chi connectivity index (χ1) is 9.36. The molecule has 110 valence electrons. The van der Waals surface area contributed by atoms with Gasteiger partial charge >= 0.3 is 0 Å². The van der Waals surface area contributed by atoms with Gasteiger partial charge in [0.15, 0.2) is 0 Å². The number of nitrogens with one attached hydrogen (secondary N) is 1. The number of phenolic OH excluding ortho intramolecular Hbond substituents is 1. The molecule has 2 rings (SSSR count). The zero-order chi connectivity index (χ0) is 14.9. The van der Waals surface area contributed by atoms with Crippen LogP contribution in [-0.2, 0) is 4.74 Å². The SMILES string of the molecule is CCOC1CC(NC(=O)c2ccc(O)cc2F)C1(C)C. The second kappa shape index (κ2) is 5.40. The fourth-order valence-electron chi connectivity index (χ4n) is 2.54. The Morgan fingerprint density at radius 2 is 2.25 bits per heavy atom. The number of hydrogen-bond acceptors (Lipinski definition) is 3. The Balaban J connectivity index is 2.03. The van der Waals surface area contributed by atoms with Crippen LogP contribution in [-0.4, -0.2) is 29.8 Å². The first-order valence-electron chi connectivity index (χ1n) is 6.77. The maximum Gasteiger partial charge on any atom is 0.254 e. The van der Waals surface area contributed by atoms with Gasteiger partial charge in [-0.25, -0.2) is 4.39 Å². The summed E-state index contributed by atoms with van der Waals surface area (Å²) >= 11 is 0. The average molecular weight is 281 g/mol. The van der Waals surface area contributed by atoms with E-state index in [4.69, 9.17) is 9.84 Å². The molecular formula is C15H20FNO3. The molecule has 4 nitrogen and oxygen atoms in total. The Morgan fingerprint density at radius 3 is 2.80 bits per heavy atom. The zero-order valence-corrected chi connectivity index (χ0v) is 11.9. The number of ether oxygens (including phenoxy) is 1. The van der Waals surface area contributed by atoms with Gasteiger partial charge in [0.2, 0.25) is 0 Å². The van der Waals surface area contributed by atoms with Crippen molar-refractivity contribution in [2.75, 3.05) is 6.61 Å². The molecule has 2 N–H and O–H groups in total. The Labute approximate surface area is 117 Å². The highest BCUT2D eigenvalue weighted by Gasteiger charge is 2.49. The van der Waals surface area contributed by atoms with Crippen molar-refractivity contribution in [2.45, 2.75) is 39.3 Å². The number of amides is 1. The van der Waals surface area contributed by atoms with Gasteiger partial charge in [0.05, 0.1) is 11.7 Å². The van der Waals surface area contributed by atoms with Gasteiger partial charge in [-0.2, -0.15) is 0 Å². The molecule has 2 unspecified atom stereocenters. The highest BCUT2D eigenvalue weighted by molar-refractivity contribution is 5.94. The summed E-state index contributed by atoms with van der Waals surface area (Å²) in [6.45, 7) is 6.62. The monoisotopic (exact) mass is 281 g/mol. The molecule has 5 heteroatoms. The molecule has 0 saturated heterocycles. The van der Waals surface area contributed by atoms with Crippen molar-refractivity contribution >= 4 is 5.91 Å². The maximum atomic E-state index is 13.6. The number of aromatic hydroxyl groups is 1. The highest BCUT2D eigenvalue weighted by atomic mass is 19.1. The van der Waals surface area contributed by atoms with E-state index in [9.17, 15) is 9.18 Å². The molecule has 20 heavy (non-hydrogen) atoms. The van der Waals surface area contributed by atoms with Crippen LogP contribution in [0, 0.1) is 11.2 Å². The van der Waals surface area contributed by atoms with E-state index >= 15 is 0 Å². The molecule has 0 aromatic heterocycles. The smallest absolute Gasteiger partial charge is 0.254 e. The number of carbonyl (C=O) groups is 1. The minimum atomic E-state index is -0.721. The topological polar surface area (TPSA) is 58.6 Å². The van der Waals surface area contributed by atoms with E-state index in [-0.39, 0.29) is 28.9 Å². The predicted molar refractivity (Wildman–Crippen MR) is 73.1 cm³/mol.